The van der Waals surface area contributed by atoms with Crippen molar-refractivity contribution in [2.45, 2.75) is 31.7 Å². The van der Waals surface area contributed by atoms with Crippen LogP contribution in [0.3, 0.4) is 0 Å². The Hall–Kier alpha value is -3.41. The molecule has 2 aromatic carbocycles. The van der Waals surface area contributed by atoms with Crippen molar-refractivity contribution in [3.63, 3.8) is 0 Å². The number of aryl methyl sites for hydroxylation is 1. The van der Waals surface area contributed by atoms with E-state index in [1.807, 2.05) is 24.3 Å². The fourth-order valence-electron chi connectivity index (χ4n) is 4.65. The third-order valence-corrected chi connectivity index (χ3v) is 6.42. The molecule has 1 atom stereocenters. The van der Waals surface area contributed by atoms with E-state index in [9.17, 15) is 4.79 Å². The molecule has 164 valence electrons. The lowest BCUT2D eigenvalue weighted by Crippen LogP contribution is -2.42. The maximum Gasteiger partial charge on any atom is 0.223 e. The molecular formula is C26H28N4O2. The Morgan fingerprint density at radius 2 is 1.91 bits per heavy atom. The van der Waals surface area contributed by atoms with E-state index < -0.39 is 0 Å². The quantitative estimate of drug-likeness (QED) is 0.667. The molecule has 0 aliphatic carbocycles. The maximum absolute atomic E-state index is 13.3. The predicted molar refractivity (Wildman–Crippen MR) is 124 cm³/mol. The molecule has 1 aromatic heterocycles. The molecule has 32 heavy (non-hydrogen) atoms. The second-order valence-electron chi connectivity index (χ2n) is 8.50. The number of piperidine rings is 1. The number of amides is 1. The van der Waals surface area contributed by atoms with Gasteiger partial charge in [-0.25, -0.2) is 4.98 Å². The number of rotatable bonds is 5. The summed E-state index contributed by atoms with van der Waals surface area (Å²) < 4.78 is 5.79. The van der Waals surface area contributed by atoms with Crippen LogP contribution < -0.4 is 15.0 Å². The molecular weight excluding hydrogens is 400 g/mol. The molecule has 2 aliphatic rings. The molecule has 0 radical (unpaired) electrons. The number of aromatic nitrogens is 2. The van der Waals surface area contributed by atoms with E-state index in [0.29, 0.717) is 0 Å². The Balaban J connectivity index is 1.32. The van der Waals surface area contributed by atoms with Crippen molar-refractivity contribution in [3.8, 4) is 5.75 Å². The Morgan fingerprint density at radius 1 is 1.06 bits per heavy atom. The monoisotopic (exact) mass is 428 g/mol. The fourth-order valence-corrected chi connectivity index (χ4v) is 4.65. The number of carbonyl (C=O) groups is 1. The Kier molecular flexibility index (Phi) is 6.01. The lowest BCUT2D eigenvalue weighted by molar-refractivity contribution is -0.126. The number of fused-ring (bicyclic) bond motifs is 1. The average Bonchev–Trinajstić information content (AvgIpc) is 2.88. The first-order chi connectivity index (χ1) is 15.8. The van der Waals surface area contributed by atoms with Gasteiger partial charge in [-0.1, -0.05) is 36.4 Å². The zero-order valence-electron chi connectivity index (χ0n) is 18.1. The number of nitrogens with zero attached hydrogens (tertiary/aromatic N) is 3. The highest BCUT2D eigenvalue weighted by atomic mass is 16.5. The number of anilines is 1. The molecule has 1 saturated heterocycles. The summed E-state index contributed by atoms with van der Waals surface area (Å²) in [7, 11) is 0. The van der Waals surface area contributed by atoms with Crippen LogP contribution in [0, 0.1) is 5.92 Å². The van der Waals surface area contributed by atoms with Crippen molar-refractivity contribution in [3.05, 3.63) is 83.8 Å². The smallest absolute Gasteiger partial charge is 0.223 e. The summed E-state index contributed by atoms with van der Waals surface area (Å²) in [5.41, 5.74) is 3.42. The van der Waals surface area contributed by atoms with Crippen molar-refractivity contribution in [1.82, 2.24) is 15.3 Å². The second-order valence-corrected chi connectivity index (χ2v) is 8.50. The fraction of sp³-hybridized carbons (Fsp3) is 0.346. The summed E-state index contributed by atoms with van der Waals surface area (Å²) in [6, 6.07) is 16.4. The molecule has 1 unspecified atom stereocenters. The number of hydrogen-bond donors (Lipinski definition) is 1. The van der Waals surface area contributed by atoms with Crippen LogP contribution in [0.4, 0.5) is 5.82 Å². The van der Waals surface area contributed by atoms with Crippen LogP contribution in [0.25, 0.3) is 0 Å². The third kappa shape index (κ3) is 4.44. The van der Waals surface area contributed by atoms with E-state index in [-0.39, 0.29) is 17.9 Å². The van der Waals surface area contributed by atoms with E-state index in [1.165, 1.54) is 5.56 Å². The van der Waals surface area contributed by atoms with Gasteiger partial charge in [-0.2, -0.15) is 0 Å². The first-order valence-electron chi connectivity index (χ1n) is 11.4. The molecule has 0 bridgehead atoms. The van der Waals surface area contributed by atoms with Crippen molar-refractivity contribution in [2.75, 3.05) is 24.6 Å². The minimum absolute atomic E-state index is 0.00454. The molecule has 5 rings (SSSR count). The largest absolute Gasteiger partial charge is 0.493 e. The molecule has 3 aromatic rings. The van der Waals surface area contributed by atoms with Crippen molar-refractivity contribution in [1.29, 1.82) is 0 Å². The van der Waals surface area contributed by atoms with E-state index in [4.69, 9.17) is 4.74 Å². The van der Waals surface area contributed by atoms with E-state index in [1.54, 1.807) is 18.6 Å². The number of hydrogen-bond acceptors (Lipinski definition) is 5. The van der Waals surface area contributed by atoms with Gasteiger partial charge in [0.1, 0.15) is 11.6 Å². The van der Waals surface area contributed by atoms with Crippen LogP contribution >= 0.6 is 0 Å². The van der Waals surface area contributed by atoms with Gasteiger partial charge in [0.25, 0.3) is 0 Å². The summed E-state index contributed by atoms with van der Waals surface area (Å²) in [5, 5.41) is 3.35. The SMILES string of the molecule is O=C(NC(c1ccccc1)c1ccc2c(c1)CCCO2)C1CCN(c2cnccn2)CC1. The summed E-state index contributed by atoms with van der Waals surface area (Å²) in [4.78, 5) is 24.1. The van der Waals surface area contributed by atoms with Crippen LogP contribution in [-0.2, 0) is 11.2 Å². The zero-order chi connectivity index (χ0) is 21.8. The number of ether oxygens (including phenoxy) is 1. The van der Waals surface area contributed by atoms with Crippen LogP contribution in [-0.4, -0.2) is 35.6 Å². The highest BCUT2D eigenvalue weighted by molar-refractivity contribution is 5.80. The number of carbonyl (C=O) groups excluding carboxylic acids is 1. The normalized spacial score (nSPS) is 17.2. The van der Waals surface area contributed by atoms with Crippen molar-refractivity contribution < 1.29 is 9.53 Å². The second kappa shape index (κ2) is 9.39. The molecule has 6 nitrogen and oxygen atoms in total. The van der Waals surface area contributed by atoms with Gasteiger partial charge >= 0.3 is 0 Å². The third-order valence-electron chi connectivity index (χ3n) is 6.42. The molecule has 0 saturated carbocycles. The average molecular weight is 429 g/mol. The van der Waals surface area contributed by atoms with Crippen LogP contribution in [0.2, 0.25) is 0 Å². The lowest BCUT2D eigenvalue weighted by Gasteiger charge is -2.33. The first kappa shape index (κ1) is 20.5. The van der Waals surface area contributed by atoms with Crippen LogP contribution in [0.1, 0.15) is 42.0 Å². The van der Waals surface area contributed by atoms with Gasteiger partial charge < -0.3 is 15.0 Å². The van der Waals surface area contributed by atoms with Gasteiger partial charge in [0, 0.05) is 31.4 Å². The Labute approximate surface area is 188 Å². The predicted octanol–water partition coefficient (Wildman–Crippen LogP) is 3.92. The molecule has 1 fully saturated rings. The van der Waals surface area contributed by atoms with E-state index >= 15 is 0 Å². The summed E-state index contributed by atoms with van der Waals surface area (Å²) in [6.45, 7) is 2.39. The highest BCUT2D eigenvalue weighted by Gasteiger charge is 2.28. The summed E-state index contributed by atoms with van der Waals surface area (Å²) >= 11 is 0. The van der Waals surface area contributed by atoms with Crippen LogP contribution in [0.15, 0.2) is 67.1 Å². The van der Waals surface area contributed by atoms with E-state index in [2.05, 4.69) is 44.5 Å². The number of nitrogens with one attached hydrogen (secondary N) is 1. The van der Waals surface area contributed by atoms with Crippen LogP contribution in [0.5, 0.6) is 5.75 Å². The molecule has 1 amide bonds. The Morgan fingerprint density at radius 3 is 2.69 bits per heavy atom. The minimum atomic E-state index is -0.172. The molecule has 0 spiro atoms. The lowest BCUT2D eigenvalue weighted by atomic mass is 9.92. The first-order valence-corrected chi connectivity index (χ1v) is 11.4. The van der Waals surface area contributed by atoms with Gasteiger partial charge in [-0.3, -0.25) is 9.78 Å². The molecule has 1 N–H and O–H groups in total. The summed E-state index contributed by atoms with van der Waals surface area (Å²) in [6.07, 6.45) is 8.83. The standard InChI is InChI=1S/C26H28N4O2/c31-26(20-10-14-30(15-11-20)24-18-27-12-13-28-24)29-25(19-5-2-1-3-6-19)22-8-9-23-21(17-22)7-4-16-32-23/h1-3,5-6,8-9,12-13,17-18,20,25H,4,7,10-11,14-16H2,(H,29,31). The van der Waals surface area contributed by atoms with Gasteiger partial charge in [-0.15, -0.1) is 0 Å². The van der Waals surface area contributed by atoms with Gasteiger partial charge in [0.05, 0.1) is 18.8 Å². The minimum Gasteiger partial charge on any atom is -0.493 e. The van der Waals surface area contributed by atoms with Gasteiger partial charge in [0.2, 0.25) is 5.91 Å². The van der Waals surface area contributed by atoms with Crippen molar-refractivity contribution in [2.24, 2.45) is 5.92 Å². The summed E-state index contributed by atoms with van der Waals surface area (Å²) in [5.74, 6) is 1.96. The van der Waals surface area contributed by atoms with Gasteiger partial charge in [-0.05, 0) is 54.5 Å². The Bertz CT molecular complexity index is 1050. The number of benzene rings is 2. The topological polar surface area (TPSA) is 67.3 Å². The zero-order valence-corrected chi connectivity index (χ0v) is 18.1. The highest BCUT2D eigenvalue weighted by Crippen LogP contribution is 2.31. The molecule has 3 heterocycles. The van der Waals surface area contributed by atoms with Crippen molar-refractivity contribution >= 4 is 11.7 Å². The van der Waals surface area contributed by atoms with E-state index in [0.717, 1.165) is 68.1 Å². The maximum atomic E-state index is 13.3. The van der Waals surface area contributed by atoms with Gasteiger partial charge in [0.15, 0.2) is 0 Å². The molecule has 6 heteroatoms. The molecule has 2 aliphatic heterocycles.